The average molecular weight is 420 g/mol. The average Bonchev–Trinajstić information content (AvgIpc) is 3.04. The number of phenols is 1. The number of aromatic hydroxyl groups is 1. The van der Waals surface area contributed by atoms with Gasteiger partial charge in [0.2, 0.25) is 0 Å². The number of ether oxygens (including phenoxy) is 1. The van der Waals surface area contributed by atoms with Gasteiger partial charge in [-0.15, -0.1) is 0 Å². The van der Waals surface area contributed by atoms with Gasteiger partial charge in [0.1, 0.15) is 5.75 Å². The predicted molar refractivity (Wildman–Crippen MR) is 115 cm³/mol. The van der Waals surface area contributed by atoms with Gasteiger partial charge < -0.3 is 9.84 Å². The van der Waals surface area contributed by atoms with E-state index in [0.717, 1.165) is 5.56 Å². The number of para-hydroxylation sites is 1. The van der Waals surface area contributed by atoms with Gasteiger partial charge in [-0.05, 0) is 31.6 Å². The smallest absolute Gasteiger partial charge is 0.338 e. The van der Waals surface area contributed by atoms with E-state index in [9.17, 15) is 14.7 Å². The van der Waals surface area contributed by atoms with Gasteiger partial charge in [0.05, 0.1) is 28.5 Å². The van der Waals surface area contributed by atoms with Crippen molar-refractivity contribution >= 4 is 23.4 Å². The topological polar surface area (TPSA) is 80.9 Å². The van der Waals surface area contributed by atoms with Crippen molar-refractivity contribution in [3.8, 4) is 5.75 Å². The molecule has 152 valence electrons. The normalized spacial score (nSPS) is 16.2. The van der Waals surface area contributed by atoms with Crippen molar-refractivity contribution in [1.82, 2.24) is 4.57 Å². The molecule has 7 heteroatoms. The largest absolute Gasteiger partial charge is 0.507 e. The van der Waals surface area contributed by atoms with Crippen LogP contribution in [0.4, 0.5) is 0 Å². The van der Waals surface area contributed by atoms with Crippen LogP contribution in [-0.4, -0.2) is 22.2 Å². The number of nitrogens with zero attached hydrogens (tertiary/aromatic N) is 2. The summed E-state index contributed by atoms with van der Waals surface area (Å²) in [5.74, 6) is -0.395. The van der Waals surface area contributed by atoms with E-state index in [2.05, 4.69) is 4.99 Å². The first-order valence-electron chi connectivity index (χ1n) is 9.54. The zero-order chi connectivity index (χ0) is 21.3. The second-order valence-corrected chi connectivity index (χ2v) is 7.78. The van der Waals surface area contributed by atoms with Gasteiger partial charge >= 0.3 is 5.97 Å². The number of thiazole rings is 1. The van der Waals surface area contributed by atoms with Crippen LogP contribution >= 0.6 is 11.3 Å². The Bertz CT molecular complexity index is 1320. The number of hydrogen-bond acceptors (Lipinski definition) is 6. The molecule has 0 aliphatic carbocycles. The molecule has 1 aliphatic heterocycles. The van der Waals surface area contributed by atoms with Crippen LogP contribution in [0.25, 0.3) is 6.08 Å². The van der Waals surface area contributed by atoms with Crippen LogP contribution in [0, 0.1) is 0 Å². The number of carbonyl (C=O) groups excluding carboxylic acids is 1. The molecule has 0 spiro atoms. The molecule has 1 atom stereocenters. The number of fused-ring (bicyclic) bond motifs is 1. The minimum Gasteiger partial charge on any atom is -0.507 e. The van der Waals surface area contributed by atoms with Gasteiger partial charge in [-0.1, -0.05) is 59.9 Å². The molecule has 3 aromatic rings. The summed E-state index contributed by atoms with van der Waals surface area (Å²) in [5.41, 5.74) is 1.94. The van der Waals surface area contributed by atoms with Crippen LogP contribution in [0.15, 0.2) is 75.7 Å². The summed E-state index contributed by atoms with van der Waals surface area (Å²) >= 11 is 1.23. The van der Waals surface area contributed by atoms with E-state index in [-0.39, 0.29) is 17.9 Å². The fourth-order valence-electron chi connectivity index (χ4n) is 3.49. The third-order valence-electron chi connectivity index (χ3n) is 4.86. The van der Waals surface area contributed by atoms with Crippen LogP contribution in [0.3, 0.4) is 0 Å². The lowest BCUT2D eigenvalue weighted by atomic mass is 9.96. The van der Waals surface area contributed by atoms with Crippen LogP contribution in [0.2, 0.25) is 0 Å². The molecule has 1 aliphatic rings. The lowest BCUT2D eigenvalue weighted by Crippen LogP contribution is -2.39. The van der Waals surface area contributed by atoms with Crippen molar-refractivity contribution in [3.63, 3.8) is 0 Å². The molecule has 0 unspecified atom stereocenters. The van der Waals surface area contributed by atoms with Crippen LogP contribution in [0.1, 0.15) is 31.0 Å². The molecule has 4 rings (SSSR count). The number of rotatable bonds is 4. The maximum absolute atomic E-state index is 13.4. The van der Waals surface area contributed by atoms with Gasteiger partial charge in [-0.3, -0.25) is 9.36 Å². The molecule has 0 fully saturated rings. The summed E-state index contributed by atoms with van der Waals surface area (Å²) < 4.78 is 7.22. The number of benzene rings is 2. The second-order valence-electron chi connectivity index (χ2n) is 6.77. The Hall–Kier alpha value is -3.45. The molecule has 0 radical (unpaired) electrons. The number of phenolic OH excluding ortho intramolecular Hbond substituents is 1. The van der Waals surface area contributed by atoms with Crippen molar-refractivity contribution in [2.75, 3.05) is 6.61 Å². The van der Waals surface area contributed by atoms with Gasteiger partial charge in [-0.2, -0.15) is 0 Å². The maximum Gasteiger partial charge on any atom is 0.338 e. The zero-order valence-corrected chi connectivity index (χ0v) is 17.3. The van der Waals surface area contributed by atoms with Gasteiger partial charge in [0.15, 0.2) is 4.80 Å². The van der Waals surface area contributed by atoms with Crippen molar-refractivity contribution in [2.24, 2.45) is 4.99 Å². The fraction of sp³-hybridized carbons (Fsp3) is 0.174. The number of allylic oxidation sites excluding steroid dienone is 1. The van der Waals surface area contributed by atoms with E-state index >= 15 is 0 Å². The van der Waals surface area contributed by atoms with Crippen molar-refractivity contribution in [2.45, 2.75) is 19.9 Å². The third-order valence-corrected chi connectivity index (χ3v) is 5.84. The monoisotopic (exact) mass is 420 g/mol. The van der Waals surface area contributed by atoms with E-state index in [1.54, 1.807) is 44.2 Å². The first-order valence-corrected chi connectivity index (χ1v) is 10.4. The molecule has 6 nitrogen and oxygen atoms in total. The first-order chi connectivity index (χ1) is 14.5. The van der Waals surface area contributed by atoms with Gasteiger partial charge in [-0.25, -0.2) is 9.79 Å². The van der Waals surface area contributed by atoms with Crippen molar-refractivity contribution in [3.05, 3.63) is 96.7 Å². The van der Waals surface area contributed by atoms with Crippen molar-refractivity contribution < 1.29 is 14.6 Å². The van der Waals surface area contributed by atoms with Crippen molar-refractivity contribution in [1.29, 1.82) is 0 Å². The summed E-state index contributed by atoms with van der Waals surface area (Å²) in [7, 11) is 0. The quantitative estimate of drug-likeness (QED) is 0.658. The summed E-state index contributed by atoms with van der Waals surface area (Å²) in [4.78, 5) is 31.2. The number of carbonyl (C=O) groups is 1. The zero-order valence-electron chi connectivity index (χ0n) is 16.5. The molecule has 0 saturated carbocycles. The Kier molecular flexibility index (Phi) is 5.37. The highest BCUT2D eigenvalue weighted by atomic mass is 32.1. The molecule has 2 aromatic carbocycles. The summed E-state index contributed by atoms with van der Waals surface area (Å²) in [6.45, 7) is 3.73. The van der Waals surface area contributed by atoms with E-state index < -0.39 is 12.0 Å². The molecular weight excluding hydrogens is 400 g/mol. The Morgan fingerprint density at radius 2 is 1.90 bits per heavy atom. The lowest BCUT2D eigenvalue weighted by molar-refractivity contribution is -0.139. The van der Waals surface area contributed by atoms with E-state index in [4.69, 9.17) is 4.74 Å². The molecule has 30 heavy (non-hydrogen) atoms. The minimum absolute atomic E-state index is 0.0892. The standard InChI is InChI=1S/C23H20N2O4S/c1-3-29-22(28)19-14(2)24-23-25(20(19)15-9-5-4-6-10-15)21(27)18(30-23)13-16-11-7-8-12-17(16)26/h4-13,20,26H,3H2,1-2H3/b18-13+/t20-/m0/s1. The fourth-order valence-corrected chi connectivity index (χ4v) is 4.53. The Balaban J connectivity index is 1.97. The summed E-state index contributed by atoms with van der Waals surface area (Å²) in [6, 6.07) is 15.6. The molecule has 0 bridgehead atoms. The van der Waals surface area contributed by atoms with E-state index in [0.29, 0.717) is 26.2 Å². The van der Waals surface area contributed by atoms with Gasteiger partial charge in [0, 0.05) is 5.56 Å². The number of hydrogen-bond donors (Lipinski definition) is 1. The molecule has 1 aromatic heterocycles. The second kappa shape index (κ2) is 8.12. The molecule has 2 heterocycles. The highest BCUT2D eigenvalue weighted by molar-refractivity contribution is 7.07. The molecule has 1 N–H and O–H groups in total. The molecular formula is C23H20N2O4S. The predicted octanol–water partition coefficient (Wildman–Crippen LogP) is 2.50. The summed E-state index contributed by atoms with van der Waals surface area (Å²) in [6.07, 6.45) is 1.64. The van der Waals surface area contributed by atoms with Crippen LogP contribution < -0.4 is 14.9 Å². The highest BCUT2D eigenvalue weighted by Crippen LogP contribution is 2.30. The SMILES string of the molecule is CCOC(=O)C1=C(C)N=c2s/c(=C/c3ccccc3O)c(=O)n2[C@H]1c1ccccc1. The minimum atomic E-state index is -0.631. The number of esters is 1. The Morgan fingerprint density at radius 1 is 1.20 bits per heavy atom. The third kappa shape index (κ3) is 3.48. The summed E-state index contributed by atoms with van der Waals surface area (Å²) in [5, 5.41) is 10.1. The van der Waals surface area contributed by atoms with Crippen LogP contribution in [0.5, 0.6) is 5.75 Å². The van der Waals surface area contributed by atoms with E-state index in [1.807, 2.05) is 30.3 Å². The van der Waals surface area contributed by atoms with E-state index in [1.165, 1.54) is 15.9 Å². The maximum atomic E-state index is 13.4. The van der Waals surface area contributed by atoms with Gasteiger partial charge in [0.25, 0.3) is 5.56 Å². The Morgan fingerprint density at radius 3 is 2.60 bits per heavy atom. The number of aromatic nitrogens is 1. The highest BCUT2D eigenvalue weighted by Gasteiger charge is 2.33. The lowest BCUT2D eigenvalue weighted by Gasteiger charge is -2.24. The van der Waals surface area contributed by atoms with Crippen LogP contribution in [-0.2, 0) is 9.53 Å². The molecule has 0 amide bonds. The molecule has 0 saturated heterocycles. The Labute approximate surface area is 176 Å². The first kappa shape index (κ1) is 19.8.